The second kappa shape index (κ2) is 7.24. The molecule has 4 aromatic rings. The molecule has 0 saturated carbocycles. The molecule has 0 aliphatic heterocycles. The van der Waals surface area contributed by atoms with Gasteiger partial charge in [0.25, 0.3) is 0 Å². The Labute approximate surface area is 165 Å². The Kier molecular flexibility index (Phi) is 4.30. The summed E-state index contributed by atoms with van der Waals surface area (Å²) in [6, 6.07) is 26.0. The largest absolute Gasteiger partial charge is 0.261 e. The molecule has 2 nitrogen and oxygen atoms in total. The maximum absolute atomic E-state index is 4.52. The minimum absolute atomic E-state index is 0.894. The van der Waals surface area contributed by atoms with Gasteiger partial charge in [-0.15, -0.1) is 0 Å². The van der Waals surface area contributed by atoms with Gasteiger partial charge in [-0.1, -0.05) is 72.8 Å². The SMILES string of the molecule is C(=C1c2ccccc2CCc2ccccc21)c1ccccc1-c1cnccn1. The van der Waals surface area contributed by atoms with Crippen molar-refractivity contribution in [3.8, 4) is 11.3 Å². The number of hydrogen-bond acceptors (Lipinski definition) is 2. The van der Waals surface area contributed by atoms with Crippen LogP contribution in [0.25, 0.3) is 22.9 Å². The van der Waals surface area contributed by atoms with Crippen LogP contribution in [0.3, 0.4) is 0 Å². The first-order valence-electron chi connectivity index (χ1n) is 9.64. The third kappa shape index (κ3) is 3.03. The Hall–Kier alpha value is -3.52. The van der Waals surface area contributed by atoms with Crippen molar-refractivity contribution in [3.63, 3.8) is 0 Å². The van der Waals surface area contributed by atoms with Crippen LogP contribution < -0.4 is 0 Å². The fourth-order valence-electron chi connectivity index (χ4n) is 4.02. The highest BCUT2D eigenvalue weighted by molar-refractivity contribution is 5.96. The predicted molar refractivity (Wildman–Crippen MR) is 115 cm³/mol. The van der Waals surface area contributed by atoms with Crippen molar-refractivity contribution in [1.82, 2.24) is 9.97 Å². The smallest absolute Gasteiger partial charge is 0.0891 e. The molecule has 0 atom stereocenters. The molecule has 2 heteroatoms. The standard InChI is InChI=1S/C26H20N2/c1-4-10-22-19(7-1)13-14-20-8-2-5-11-23(20)25(22)17-21-9-3-6-12-24(21)26-18-27-15-16-28-26/h1-12,15-18H,13-14H2. The van der Waals surface area contributed by atoms with E-state index in [-0.39, 0.29) is 0 Å². The summed E-state index contributed by atoms with van der Waals surface area (Å²) in [6.07, 6.45) is 9.73. The monoisotopic (exact) mass is 360 g/mol. The number of aryl methyl sites for hydroxylation is 2. The minimum Gasteiger partial charge on any atom is -0.261 e. The van der Waals surface area contributed by atoms with Crippen molar-refractivity contribution in [3.05, 3.63) is 119 Å². The lowest BCUT2D eigenvalue weighted by atomic mass is 9.91. The molecule has 0 spiro atoms. The van der Waals surface area contributed by atoms with Gasteiger partial charge in [-0.05, 0) is 52.3 Å². The van der Waals surface area contributed by atoms with E-state index in [0.29, 0.717) is 0 Å². The van der Waals surface area contributed by atoms with Gasteiger partial charge in [-0.25, -0.2) is 0 Å². The Morgan fingerprint density at radius 1 is 0.643 bits per heavy atom. The number of hydrogen-bond donors (Lipinski definition) is 0. The normalized spacial score (nSPS) is 12.6. The molecule has 1 aliphatic rings. The number of nitrogens with zero attached hydrogens (tertiary/aromatic N) is 2. The Morgan fingerprint density at radius 2 is 1.25 bits per heavy atom. The first kappa shape index (κ1) is 16.6. The van der Waals surface area contributed by atoms with Gasteiger partial charge in [0, 0.05) is 18.0 Å². The Bertz CT molecular complexity index is 1110. The van der Waals surface area contributed by atoms with Gasteiger partial charge in [0.1, 0.15) is 0 Å². The maximum atomic E-state index is 4.52. The summed E-state index contributed by atoms with van der Waals surface area (Å²) in [5.41, 5.74) is 9.88. The maximum Gasteiger partial charge on any atom is 0.0891 e. The van der Waals surface area contributed by atoms with Gasteiger partial charge in [0.05, 0.1) is 11.9 Å². The summed E-state index contributed by atoms with van der Waals surface area (Å²) in [7, 11) is 0. The molecule has 1 heterocycles. The zero-order chi connectivity index (χ0) is 18.8. The fraction of sp³-hybridized carbons (Fsp3) is 0.0769. The van der Waals surface area contributed by atoms with E-state index in [1.807, 2.05) is 6.20 Å². The van der Waals surface area contributed by atoms with Crippen molar-refractivity contribution >= 4 is 11.6 Å². The zero-order valence-corrected chi connectivity index (χ0v) is 15.5. The third-order valence-electron chi connectivity index (χ3n) is 5.38. The van der Waals surface area contributed by atoms with Crippen molar-refractivity contribution in [2.24, 2.45) is 0 Å². The van der Waals surface area contributed by atoms with Crippen molar-refractivity contribution in [2.75, 3.05) is 0 Å². The lowest BCUT2D eigenvalue weighted by molar-refractivity contribution is 0.965. The quantitative estimate of drug-likeness (QED) is 0.449. The van der Waals surface area contributed by atoms with Crippen LogP contribution >= 0.6 is 0 Å². The number of aromatic nitrogens is 2. The highest BCUT2D eigenvalue weighted by Crippen LogP contribution is 2.36. The summed E-state index contributed by atoms with van der Waals surface area (Å²) in [6.45, 7) is 0. The average Bonchev–Trinajstić information content (AvgIpc) is 2.92. The zero-order valence-electron chi connectivity index (χ0n) is 15.5. The molecule has 3 aromatic carbocycles. The van der Waals surface area contributed by atoms with Gasteiger partial charge >= 0.3 is 0 Å². The minimum atomic E-state index is 0.894. The molecule has 0 amide bonds. The Balaban J connectivity index is 1.76. The van der Waals surface area contributed by atoms with Crippen LogP contribution in [-0.2, 0) is 12.8 Å². The lowest BCUT2D eigenvalue weighted by Gasteiger charge is -2.13. The van der Waals surface area contributed by atoms with E-state index in [9.17, 15) is 0 Å². The van der Waals surface area contributed by atoms with E-state index < -0.39 is 0 Å². The summed E-state index contributed by atoms with van der Waals surface area (Å²) in [5.74, 6) is 0. The van der Waals surface area contributed by atoms with Gasteiger partial charge in [0.15, 0.2) is 0 Å². The molecule has 0 N–H and O–H groups in total. The number of benzene rings is 3. The van der Waals surface area contributed by atoms with Crippen LogP contribution in [-0.4, -0.2) is 9.97 Å². The van der Waals surface area contributed by atoms with Crippen LogP contribution in [0.1, 0.15) is 27.8 Å². The van der Waals surface area contributed by atoms with Crippen LogP contribution in [0.15, 0.2) is 91.4 Å². The molecule has 5 rings (SSSR count). The molecule has 0 saturated heterocycles. The lowest BCUT2D eigenvalue weighted by Crippen LogP contribution is -1.93. The molecule has 0 bridgehead atoms. The fourth-order valence-corrected chi connectivity index (χ4v) is 4.02. The molecule has 0 fully saturated rings. The van der Waals surface area contributed by atoms with E-state index in [1.54, 1.807) is 12.4 Å². The molecule has 0 radical (unpaired) electrons. The topological polar surface area (TPSA) is 25.8 Å². The summed E-state index contributed by atoms with van der Waals surface area (Å²) >= 11 is 0. The molecular weight excluding hydrogens is 340 g/mol. The molecule has 0 unspecified atom stereocenters. The van der Waals surface area contributed by atoms with E-state index in [1.165, 1.54) is 27.8 Å². The van der Waals surface area contributed by atoms with Crippen molar-refractivity contribution in [1.29, 1.82) is 0 Å². The third-order valence-corrected chi connectivity index (χ3v) is 5.38. The highest BCUT2D eigenvalue weighted by atomic mass is 14.8. The van der Waals surface area contributed by atoms with Crippen LogP contribution in [0.4, 0.5) is 0 Å². The predicted octanol–water partition coefficient (Wildman–Crippen LogP) is 5.83. The van der Waals surface area contributed by atoms with Gasteiger partial charge < -0.3 is 0 Å². The van der Waals surface area contributed by atoms with Gasteiger partial charge in [-0.3, -0.25) is 9.97 Å². The van der Waals surface area contributed by atoms with E-state index >= 15 is 0 Å². The molecule has 134 valence electrons. The second-order valence-electron chi connectivity index (χ2n) is 7.05. The van der Waals surface area contributed by atoms with Crippen LogP contribution in [0.2, 0.25) is 0 Å². The first-order chi connectivity index (χ1) is 13.9. The Morgan fingerprint density at radius 3 is 1.89 bits per heavy atom. The summed E-state index contributed by atoms with van der Waals surface area (Å²) < 4.78 is 0. The van der Waals surface area contributed by atoms with Crippen molar-refractivity contribution in [2.45, 2.75) is 12.8 Å². The molecule has 1 aromatic heterocycles. The molecule has 28 heavy (non-hydrogen) atoms. The van der Waals surface area contributed by atoms with Crippen LogP contribution in [0, 0.1) is 0 Å². The summed E-state index contributed by atoms with van der Waals surface area (Å²) in [4.78, 5) is 8.77. The van der Waals surface area contributed by atoms with Gasteiger partial charge in [-0.2, -0.15) is 0 Å². The van der Waals surface area contributed by atoms with Crippen LogP contribution in [0.5, 0.6) is 0 Å². The molecular formula is C26H20N2. The first-order valence-corrected chi connectivity index (χ1v) is 9.64. The number of rotatable bonds is 2. The van der Waals surface area contributed by atoms with Crippen molar-refractivity contribution < 1.29 is 0 Å². The van der Waals surface area contributed by atoms with E-state index in [2.05, 4.69) is 88.8 Å². The average molecular weight is 360 g/mol. The summed E-state index contributed by atoms with van der Waals surface area (Å²) in [5, 5.41) is 0. The number of fused-ring (bicyclic) bond motifs is 2. The molecule has 1 aliphatic carbocycles. The van der Waals surface area contributed by atoms with Gasteiger partial charge in [0.2, 0.25) is 0 Å². The van der Waals surface area contributed by atoms with E-state index in [0.717, 1.165) is 29.7 Å². The highest BCUT2D eigenvalue weighted by Gasteiger charge is 2.18. The van der Waals surface area contributed by atoms with E-state index in [4.69, 9.17) is 0 Å². The second-order valence-corrected chi connectivity index (χ2v) is 7.05.